The van der Waals surface area contributed by atoms with Gasteiger partial charge in [-0.05, 0) is 25.7 Å². The van der Waals surface area contributed by atoms with Crippen molar-refractivity contribution in [3.8, 4) is 0 Å². The fraction of sp³-hybridized carbons (Fsp3) is 0.800. The van der Waals surface area contributed by atoms with Gasteiger partial charge in [0.1, 0.15) is 5.01 Å². The van der Waals surface area contributed by atoms with Gasteiger partial charge in [0.25, 0.3) is 0 Å². The highest BCUT2D eigenvalue weighted by Crippen LogP contribution is 2.30. The summed E-state index contributed by atoms with van der Waals surface area (Å²) in [7, 11) is 0. The van der Waals surface area contributed by atoms with Crippen LogP contribution >= 0.6 is 11.3 Å². The summed E-state index contributed by atoms with van der Waals surface area (Å²) in [5.41, 5.74) is 0. The highest BCUT2D eigenvalue weighted by Gasteiger charge is 2.30. The normalized spacial score (nSPS) is 28.4. The second-order valence-corrected chi connectivity index (χ2v) is 6.93. The highest BCUT2D eigenvalue weighted by molar-refractivity contribution is 7.09. The van der Waals surface area contributed by atoms with Crippen LogP contribution in [0.5, 0.6) is 0 Å². The summed E-state index contributed by atoms with van der Waals surface area (Å²) in [5.74, 6) is 0.903. The summed E-state index contributed by atoms with van der Waals surface area (Å²) in [6, 6.07) is 1.18. The van der Waals surface area contributed by atoms with Crippen molar-refractivity contribution in [2.24, 2.45) is 5.92 Å². The van der Waals surface area contributed by atoms with Gasteiger partial charge in [-0.1, -0.05) is 19.3 Å². The molecule has 1 aliphatic heterocycles. The topological polar surface area (TPSA) is 28.2 Å². The maximum Gasteiger partial charge on any atom is 0.109 e. The van der Waals surface area contributed by atoms with Gasteiger partial charge in [-0.15, -0.1) is 11.3 Å². The Morgan fingerprint density at radius 3 is 2.95 bits per heavy atom. The number of nitrogens with one attached hydrogen (secondary N) is 1. The first-order chi connectivity index (χ1) is 9.34. The number of hydrogen-bond donors (Lipinski definition) is 1. The van der Waals surface area contributed by atoms with E-state index in [2.05, 4.69) is 27.5 Å². The molecule has 4 heteroatoms. The Labute approximate surface area is 120 Å². The molecule has 0 radical (unpaired) electrons. The smallest absolute Gasteiger partial charge is 0.109 e. The molecule has 2 fully saturated rings. The third kappa shape index (κ3) is 3.18. The third-order valence-electron chi connectivity index (χ3n) is 4.81. The summed E-state index contributed by atoms with van der Waals surface area (Å²) in [5, 5.41) is 7.12. The number of rotatable bonds is 3. The molecule has 2 unspecified atom stereocenters. The summed E-state index contributed by atoms with van der Waals surface area (Å²) in [4.78, 5) is 7.11. The van der Waals surface area contributed by atoms with E-state index in [0.717, 1.165) is 19.0 Å². The Kier molecular flexibility index (Phi) is 4.51. The van der Waals surface area contributed by atoms with Crippen LogP contribution in [0.25, 0.3) is 0 Å². The largest absolute Gasteiger partial charge is 0.311 e. The van der Waals surface area contributed by atoms with Crippen molar-refractivity contribution < 1.29 is 0 Å². The van der Waals surface area contributed by atoms with Gasteiger partial charge in [-0.25, -0.2) is 4.98 Å². The molecule has 3 nitrogen and oxygen atoms in total. The van der Waals surface area contributed by atoms with Gasteiger partial charge in [0.05, 0.1) is 6.04 Å². The Bertz CT molecular complexity index is 373. The molecule has 0 aromatic carbocycles. The molecule has 0 amide bonds. The molecule has 3 rings (SSSR count). The minimum absolute atomic E-state index is 0.480. The lowest BCUT2D eigenvalue weighted by atomic mass is 9.83. The van der Waals surface area contributed by atoms with Crippen molar-refractivity contribution in [1.82, 2.24) is 15.2 Å². The van der Waals surface area contributed by atoms with Crippen LogP contribution < -0.4 is 5.32 Å². The molecule has 106 valence electrons. The second-order valence-electron chi connectivity index (χ2n) is 6.00. The molecule has 0 bridgehead atoms. The van der Waals surface area contributed by atoms with Crippen LogP contribution in [0.1, 0.15) is 50.1 Å². The number of aromatic nitrogens is 1. The Morgan fingerprint density at radius 2 is 2.21 bits per heavy atom. The lowest BCUT2D eigenvalue weighted by molar-refractivity contribution is 0.114. The van der Waals surface area contributed by atoms with Crippen LogP contribution in [-0.4, -0.2) is 35.6 Å². The second kappa shape index (κ2) is 6.33. The SMILES string of the molecule is CC(c1nccs1)N1CCNC(C2CCCCC2)C1. The van der Waals surface area contributed by atoms with E-state index >= 15 is 0 Å². The van der Waals surface area contributed by atoms with E-state index in [-0.39, 0.29) is 0 Å². The number of piperazine rings is 1. The van der Waals surface area contributed by atoms with E-state index in [1.807, 2.05) is 6.20 Å². The van der Waals surface area contributed by atoms with E-state index < -0.39 is 0 Å². The molecule has 1 aromatic heterocycles. The molecule has 1 saturated carbocycles. The maximum absolute atomic E-state index is 4.49. The van der Waals surface area contributed by atoms with Gasteiger partial charge in [-0.2, -0.15) is 0 Å². The first-order valence-electron chi connectivity index (χ1n) is 7.71. The van der Waals surface area contributed by atoms with E-state index in [4.69, 9.17) is 0 Å². The van der Waals surface area contributed by atoms with Gasteiger partial charge in [0, 0.05) is 37.3 Å². The number of thiazole rings is 1. The molecule has 19 heavy (non-hydrogen) atoms. The summed E-state index contributed by atoms with van der Waals surface area (Å²) in [6.45, 7) is 5.80. The lowest BCUT2D eigenvalue weighted by Gasteiger charge is -2.41. The summed E-state index contributed by atoms with van der Waals surface area (Å²) < 4.78 is 0. The predicted molar refractivity (Wildman–Crippen MR) is 80.5 cm³/mol. The Morgan fingerprint density at radius 1 is 1.37 bits per heavy atom. The molecule has 1 saturated heterocycles. The number of hydrogen-bond acceptors (Lipinski definition) is 4. The van der Waals surface area contributed by atoms with Crippen LogP contribution in [0.15, 0.2) is 11.6 Å². The van der Waals surface area contributed by atoms with Crippen molar-refractivity contribution in [1.29, 1.82) is 0 Å². The predicted octanol–water partition coefficient (Wildman–Crippen LogP) is 3.06. The lowest BCUT2D eigenvalue weighted by Crippen LogP contribution is -2.54. The van der Waals surface area contributed by atoms with Crippen molar-refractivity contribution in [2.75, 3.05) is 19.6 Å². The zero-order chi connectivity index (χ0) is 13.1. The molecule has 1 aromatic rings. The summed E-state index contributed by atoms with van der Waals surface area (Å²) >= 11 is 1.79. The number of nitrogens with zero attached hydrogens (tertiary/aromatic N) is 2. The minimum atomic E-state index is 0.480. The third-order valence-corrected chi connectivity index (χ3v) is 5.76. The van der Waals surface area contributed by atoms with Gasteiger partial charge in [0.15, 0.2) is 0 Å². The van der Waals surface area contributed by atoms with Crippen molar-refractivity contribution in [3.05, 3.63) is 16.6 Å². The molecule has 0 spiro atoms. The Balaban J connectivity index is 1.61. The van der Waals surface area contributed by atoms with Crippen molar-refractivity contribution in [3.63, 3.8) is 0 Å². The van der Waals surface area contributed by atoms with Gasteiger partial charge < -0.3 is 5.32 Å². The van der Waals surface area contributed by atoms with Crippen LogP contribution in [0.4, 0.5) is 0 Å². The summed E-state index contributed by atoms with van der Waals surface area (Å²) in [6.07, 6.45) is 9.10. The first-order valence-corrected chi connectivity index (χ1v) is 8.59. The molecule has 2 heterocycles. The van der Waals surface area contributed by atoms with E-state index in [1.165, 1.54) is 43.7 Å². The van der Waals surface area contributed by atoms with Gasteiger partial charge in [0.2, 0.25) is 0 Å². The zero-order valence-corrected chi connectivity index (χ0v) is 12.7. The van der Waals surface area contributed by atoms with E-state index in [1.54, 1.807) is 11.3 Å². The average molecular weight is 279 g/mol. The van der Waals surface area contributed by atoms with Crippen LogP contribution in [-0.2, 0) is 0 Å². The molecule has 1 aliphatic carbocycles. The van der Waals surface area contributed by atoms with Crippen LogP contribution in [0.3, 0.4) is 0 Å². The van der Waals surface area contributed by atoms with Crippen molar-refractivity contribution in [2.45, 2.75) is 51.1 Å². The zero-order valence-electron chi connectivity index (χ0n) is 11.8. The fourth-order valence-corrected chi connectivity index (χ4v) is 4.33. The maximum atomic E-state index is 4.49. The minimum Gasteiger partial charge on any atom is -0.311 e. The average Bonchev–Trinajstić information content (AvgIpc) is 3.02. The molecule has 2 aliphatic rings. The van der Waals surface area contributed by atoms with Gasteiger partial charge in [-0.3, -0.25) is 4.90 Å². The Hall–Kier alpha value is -0.450. The van der Waals surface area contributed by atoms with E-state index in [9.17, 15) is 0 Å². The van der Waals surface area contributed by atoms with Crippen LogP contribution in [0, 0.1) is 5.92 Å². The molecular formula is C15H25N3S. The first kappa shape index (κ1) is 13.5. The molecule has 2 atom stereocenters. The standard InChI is InChI=1S/C15H25N3S/c1-12(15-17-8-10-19-15)18-9-7-16-14(11-18)13-5-3-2-4-6-13/h8,10,12-14,16H,2-7,9,11H2,1H3. The van der Waals surface area contributed by atoms with E-state index in [0.29, 0.717) is 12.1 Å². The quantitative estimate of drug-likeness (QED) is 0.921. The molecular weight excluding hydrogens is 254 g/mol. The van der Waals surface area contributed by atoms with Crippen molar-refractivity contribution >= 4 is 11.3 Å². The highest BCUT2D eigenvalue weighted by atomic mass is 32.1. The van der Waals surface area contributed by atoms with Crippen LogP contribution in [0.2, 0.25) is 0 Å². The molecule has 1 N–H and O–H groups in total. The fourth-order valence-electron chi connectivity index (χ4n) is 3.60. The monoisotopic (exact) mass is 279 g/mol. The van der Waals surface area contributed by atoms with Gasteiger partial charge >= 0.3 is 0 Å².